The van der Waals surface area contributed by atoms with Gasteiger partial charge in [-0.25, -0.2) is 9.78 Å². The van der Waals surface area contributed by atoms with Crippen LogP contribution in [-0.2, 0) is 4.79 Å². The first-order chi connectivity index (χ1) is 12.5. The number of nitrogens with one attached hydrogen (secondary N) is 2. The molecule has 8 nitrogen and oxygen atoms in total. The summed E-state index contributed by atoms with van der Waals surface area (Å²) in [5, 5.41) is 3.54. The zero-order chi connectivity index (χ0) is 18.3. The predicted octanol–water partition coefficient (Wildman–Crippen LogP) is 1.78. The van der Waals surface area contributed by atoms with Gasteiger partial charge in [-0.1, -0.05) is 19.1 Å². The van der Waals surface area contributed by atoms with Crippen LogP contribution in [0, 0.1) is 5.92 Å². The second-order valence-corrected chi connectivity index (χ2v) is 7.02. The standard InChI is InChI=1S/C18H19N5O3/c1-11-6-8-18(9-7-11)16(25)23(17(26)21-18)22-15(24)14-10-19-12-4-2-3-5-13(12)20-14/h2-5,10-11H,6-9H2,1H3,(H,21,26)(H,22,24). The molecule has 134 valence electrons. The van der Waals surface area contributed by atoms with E-state index in [1.54, 1.807) is 18.2 Å². The van der Waals surface area contributed by atoms with E-state index >= 15 is 0 Å². The van der Waals surface area contributed by atoms with Gasteiger partial charge in [-0.3, -0.25) is 20.0 Å². The molecular formula is C18H19N5O3. The lowest BCUT2D eigenvalue weighted by molar-refractivity contribution is -0.134. The average molecular weight is 353 g/mol. The number of imide groups is 1. The third-order valence-electron chi connectivity index (χ3n) is 5.18. The van der Waals surface area contributed by atoms with Crippen LogP contribution in [0.4, 0.5) is 4.79 Å². The van der Waals surface area contributed by atoms with E-state index in [-0.39, 0.29) is 5.69 Å². The predicted molar refractivity (Wildman–Crippen MR) is 92.7 cm³/mol. The number of amides is 4. The van der Waals surface area contributed by atoms with Gasteiger partial charge in [0.2, 0.25) is 0 Å². The van der Waals surface area contributed by atoms with E-state index in [0.717, 1.165) is 17.9 Å². The summed E-state index contributed by atoms with van der Waals surface area (Å²) in [6.07, 6.45) is 4.23. The summed E-state index contributed by atoms with van der Waals surface area (Å²) in [6, 6.07) is 6.55. The lowest BCUT2D eigenvalue weighted by atomic mass is 9.77. The number of nitrogens with zero attached hydrogens (tertiary/aromatic N) is 3. The number of carbonyl (C=O) groups excluding carboxylic acids is 3. The highest BCUT2D eigenvalue weighted by Gasteiger charge is 2.53. The minimum atomic E-state index is -0.897. The molecule has 2 heterocycles. The van der Waals surface area contributed by atoms with Crippen molar-refractivity contribution < 1.29 is 14.4 Å². The van der Waals surface area contributed by atoms with E-state index in [1.807, 2.05) is 6.07 Å². The van der Waals surface area contributed by atoms with Gasteiger partial charge in [0, 0.05) is 0 Å². The van der Waals surface area contributed by atoms with E-state index in [0.29, 0.717) is 29.8 Å². The number of rotatable bonds is 2. The third kappa shape index (κ3) is 2.67. The van der Waals surface area contributed by atoms with E-state index in [4.69, 9.17) is 0 Å². The molecule has 4 rings (SSSR count). The molecule has 1 aliphatic carbocycles. The van der Waals surface area contributed by atoms with Crippen molar-refractivity contribution in [3.63, 3.8) is 0 Å². The fraction of sp³-hybridized carbons (Fsp3) is 0.389. The summed E-state index contributed by atoms with van der Waals surface area (Å²) in [6.45, 7) is 2.13. The Labute approximate surface area is 150 Å². The Morgan fingerprint density at radius 3 is 2.65 bits per heavy atom. The number of hydrogen-bond acceptors (Lipinski definition) is 5. The fourth-order valence-electron chi connectivity index (χ4n) is 3.54. The highest BCUT2D eigenvalue weighted by molar-refractivity contribution is 6.09. The minimum Gasteiger partial charge on any atom is -0.322 e. The largest absolute Gasteiger partial charge is 0.344 e. The fourth-order valence-corrected chi connectivity index (χ4v) is 3.54. The maximum absolute atomic E-state index is 12.8. The third-order valence-corrected chi connectivity index (χ3v) is 5.18. The van der Waals surface area contributed by atoms with Crippen LogP contribution in [0.5, 0.6) is 0 Å². The molecule has 2 fully saturated rings. The molecule has 0 unspecified atom stereocenters. The van der Waals surface area contributed by atoms with Gasteiger partial charge >= 0.3 is 6.03 Å². The molecule has 1 saturated carbocycles. The Hall–Kier alpha value is -3.03. The van der Waals surface area contributed by atoms with Crippen LogP contribution in [0.3, 0.4) is 0 Å². The summed E-state index contributed by atoms with van der Waals surface area (Å²) in [5.74, 6) is -0.522. The van der Waals surface area contributed by atoms with E-state index in [2.05, 4.69) is 27.6 Å². The Balaban J connectivity index is 1.53. The minimum absolute atomic E-state index is 0.0440. The summed E-state index contributed by atoms with van der Waals surface area (Å²) in [7, 11) is 0. The molecular weight excluding hydrogens is 334 g/mol. The summed E-state index contributed by atoms with van der Waals surface area (Å²) >= 11 is 0. The molecule has 2 N–H and O–H groups in total. The first kappa shape index (κ1) is 16.4. The van der Waals surface area contributed by atoms with Crippen molar-refractivity contribution >= 4 is 28.9 Å². The molecule has 4 amide bonds. The Kier molecular flexibility index (Phi) is 3.82. The van der Waals surface area contributed by atoms with Crippen molar-refractivity contribution in [1.82, 2.24) is 25.7 Å². The molecule has 0 radical (unpaired) electrons. The summed E-state index contributed by atoms with van der Waals surface area (Å²) in [5.41, 5.74) is 2.75. The molecule has 1 spiro atoms. The highest BCUT2D eigenvalue weighted by atomic mass is 16.2. The molecule has 0 bridgehead atoms. The molecule has 2 aromatic rings. The average Bonchev–Trinajstić information content (AvgIpc) is 2.88. The number of aromatic nitrogens is 2. The summed E-state index contributed by atoms with van der Waals surface area (Å²) in [4.78, 5) is 45.9. The lowest BCUT2D eigenvalue weighted by Crippen LogP contribution is -2.51. The zero-order valence-corrected chi connectivity index (χ0v) is 14.4. The van der Waals surface area contributed by atoms with Gasteiger partial charge in [0.25, 0.3) is 11.8 Å². The summed E-state index contributed by atoms with van der Waals surface area (Å²) < 4.78 is 0. The SMILES string of the molecule is CC1CCC2(CC1)NC(=O)N(NC(=O)c1cnc3ccccc3n1)C2=O. The van der Waals surface area contributed by atoms with Crippen LogP contribution in [0.15, 0.2) is 30.5 Å². The quantitative estimate of drug-likeness (QED) is 0.801. The van der Waals surface area contributed by atoms with Gasteiger partial charge in [0.05, 0.1) is 17.2 Å². The number of hydrazine groups is 1. The maximum Gasteiger partial charge on any atom is 0.344 e. The lowest BCUT2D eigenvalue weighted by Gasteiger charge is -2.33. The molecule has 1 aliphatic heterocycles. The topological polar surface area (TPSA) is 104 Å². The Morgan fingerprint density at radius 1 is 1.23 bits per heavy atom. The van der Waals surface area contributed by atoms with Crippen molar-refractivity contribution in [3.8, 4) is 0 Å². The van der Waals surface area contributed by atoms with Gasteiger partial charge in [0.15, 0.2) is 0 Å². The Morgan fingerprint density at radius 2 is 1.92 bits per heavy atom. The van der Waals surface area contributed by atoms with Gasteiger partial charge in [0.1, 0.15) is 11.2 Å². The first-order valence-electron chi connectivity index (χ1n) is 8.68. The molecule has 0 atom stereocenters. The van der Waals surface area contributed by atoms with Crippen molar-refractivity contribution in [2.45, 2.75) is 38.1 Å². The van der Waals surface area contributed by atoms with E-state index in [9.17, 15) is 14.4 Å². The number of fused-ring (bicyclic) bond motifs is 1. The van der Waals surface area contributed by atoms with Crippen molar-refractivity contribution in [1.29, 1.82) is 0 Å². The van der Waals surface area contributed by atoms with Crippen molar-refractivity contribution in [2.75, 3.05) is 0 Å². The van der Waals surface area contributed by atoms with Crippen LogP contribution >= 0.6 is 0 Å². The number of carbonyl (C=O) groups is 3. The smallest absolute Gasteiger partial charge is 0.322 e. The maximum atomic E-state index is 12.8. The van der Waals surface area contributed by atoms with Crippen LogP contribution < -0.4 is 10.7 Å². The monoisotopic (exact) mass is 353 g/mol. The normalized spacial score (nSPS) is 25.6. The molecule has 26 heavy (non-hydrogen) atoms. The van der Waals surface area contributed by atoms with Crippen LogP contribution in [0.1, 0.15) is 43.1 Å². The van der Waals surface area contributed by atoms with Gasteiger partial charge in [-0.05, 0) is 43.7 Å². The number of benzene rings is 1. The molecule has 2 aliphatic rings. The first-order valence-corrected chi connectivity index (χ1v) is 8.68. The zero-order valence-electron chi connectivity index (χ0n) is 14.4. The van der Waals surface area contributed by atoms with Gasteiger partial charge in [-0.2, -0.15) is 5.01 Å². The number of para-hydroxylation sites is 2. The van der Waals surface area contributed by atoms with Crippen LogP contribution in [0.25, 0.3) is 11.0 Å². The Bertz CT molecular complexity index is 905. The van der Waals surface area contributed by atoms with Gasteiger partial charge in [-0.15, -0.1) is 0 Å². The van der Waals surface area contributed by atoms with E-state index in [1.165, 1.54) is 6.20 Å². The van der Waals surface area contributed by atoms with Gasteiger partial charge < -0.3 is 5.32 Å². The number of hydrogen-bond donors (Lipinski definition) is 2. The molecule has 1 aromatic heterocycles. The van der Waals surface area contributed by atoms with Crippen molar-refractivity contribution in [3.05, 3.63) is 36.2 Å². The second-order valence-electron chi connectivity index (χ2n) is 7.02. The molecule has 1 aromatic carbocycles. The van der Waals surface area contributed by atoms with Crippen molar-refractivity contribution in [2.24, 2.45) is 5.92 Å². The van der Waals surface area contributed by atoms with E-state index < -0.39 is 23.4 Å². The second kappa shape index (κ2) is 6.05. The number of urea groups is 1. The van der Waals surface area contributed by atoms with Crippen LogP contribution in [0.2, 0.25) is 0 Å². The highest BCUT2D eigenvalue weighted by Crippen LogP contribution is 2.35. The van der Waals surface area contributed by atoms with Crippen LogP contribution in [-0.4, -0.2) is 38.4 Å². The molecule has 8 heteroatoms. The molecule has 1 saturated heterocycles.